The highest BCUT2D eigenvalue weighted by molar-refractivity contribution is 7.80. The predicted octanol–water partition coefficient (Wildman–Crippen LogP) is 6.29. The summed E-state index contributed by atoms with van der Waals surface area (Å²) in [5.74, 6) is 0.410. The second kappa shape index (κ2) is 7.40. The fraction of sp³-hybridized carbons (Fsp3) is 0.235. The van der Waals surface area contributed by atoms with Crippen molar-refractivity contribution in [2.24, 2.45) is 0 Å². The largest absolute Gasteiger partial charge is 0.416 e. The standard InChI is InChI=1S/C17H16ClF3N2S/c1-10(2)11-3-6-13(7-4-11)22-16(24)23-15-9-12(17(19,20)21)5-8-14(15)18/h3-10H,1-2H3,(H2,22,23,24). The van der Waals surface area contributed by atoms with Gasteiger partial charge in [0.2, 0.25) is 0 Å². The van der Waals surface area contributed by atoms with Gasteiger partial charge in [-0.1, -0.05) is 37.6 Å². The number of halogens is 4. The lowest BCUT2D eigenvalue weighted by Gasteiger charge is -2.14. The summed E-state index contributed by atoms with van der Waals surface area (Å²) in [6, 6.07) is 10.7. The van der Waals surface area contributed by atoms with Crippen LogP contribution in [0, 0.1) is 0 Å². The van der Waals surface area contributed by atoms with Crippen LogP contribution < -0.4 is 10.6 Å². The molecule has 128 valence electrons. The summed E-state index contributed by atoms with van der Waals surface area (Å²) < 4.78 is 38.3. The number of nitrogens with one attached hydrogen (secondary N) is 2. The summed E-state index contributed by atoms with van der Waals surface area (Å²) >= 11 is 11.1. The van der Waals surface area contributed by atoms with Gasteiger partial charge in [0.1, 0.15) is 0 Å². The average molecular weight is 373 g/mol. The van der Waals surface area contributed by atoms with E-state index in [4.69, 9.17) is 23.8 Å². The van der Waals surface area contributed by atoms with Crippen LogP contribution in [0.25, 0.3) is 0 Å². The van der Waals surface area contributed by atoms with Gasteiger partial charge < -0.3 is 10.6 Å². The Morgan fingerprint density at radius 2 is 1.67 bits per heavy atom. The number of benzene rings is 2. The molecule has 0 aliphatic carbocycles. The molecule has 2 aromatic rings. The molecule has 0 aromatic heterocycles. The van der Waals surface area contributed by atoms with Crippen LogP contribution in [0.2, 0.25) is 5.02 Å². The highest BCUT2D eigenvalue weighted by atomic mass is 35.5. The van der Waals surface area contributed by atoms with Crippen molar-refractivity contribution in [2.45, 2.75) is 25.9 Å². The number of hydrogen-bond acceptors (Lipinski definition) is 1. The first-order valence-corrected chi connectivity index (χ1v) is 8.00. The second-order valence-corrected chi connectivity index (χ2v) is 6.36. The highest BCUT2D eigenvalue weighted by Gasteiger charge is 2.31. The van der Waals surface area contributed by atoms with Crippen LogP contribution in [-0.4, -0.2) is 5.11 Å². The van der Waals surface area contributed by atoms with Gasteiger partial charge in [-0.3, -0.25) is 0 Å². The summed E-state index contributed by atoms with van der Waals surface area (Å²) in [6.45, 7) is 4.18. The molecule has 0 bridgehead atoms. The van der Waals surface area contributed by atoms with E-state index in [1.165, 1.54) is 11.6 Å². The van der Waals surface area contributed by atoms with Gasteiger partial charge in [0, 0.05) is 5.69 Å². The molecule has 2 aromatic carbocycles. The molecule has 2 N–H and O–H groups in total. The van der Waals surface area contributed by atoms with Crippen LogP contribution in [0.15, 0.2) is 42.5 Å². The molecule has 0 unspecified atom stereocenters. The van der Waals surface area contributed by atoms with E-state index < -0.39 is 11.7 Å². The summed E-state index contributed by atoms with van der Waals surface area (Å²) in [6.07, 6.45) is -4.44. The fourth-order valence-corrected chi connectivity index (χ4v) is 2.43. The maximum Gasteiger partial charge on any atom is 0.416 e. The van der Waals surface area contributed by atoms with Gasteiger partial charge in [-0.15, -0.1) is 0 Å². The van der Waals surface area contributed by atoms with Crippen LogP contribution in [0.5, 0.6) is 0 Å². The molecule has 24 heavy (non-hydrogen) atoms. The Balaban J connectivity index is 2.09. The number of alkyl halides is 3. The van der Waals surface area contributed by atoms with Crippen LogP contribution in [0.1, 0.15) is 30.9 Å². The van der Waals surface area contributed by atoms with Crippen LogP contribution in [-0.2, 0) is 6.18 Å². The van der Waals surface area contributed by atoms with Crippen molar-refractivity contribution in [3.8, 4) is 0 Å². The Labute approximate surface area is 149 Å². The zero-order valence-corrected chi connectivity index (χ0v) is 14.6. The zero-order valence-electron chi connectivity index (χ0n) is 13.0. The highest BCUT2D eigenvalue weighted by Crippen LogP contribution is 2.33. The van der Waals surface area contributed by atoms with Gasteiger partial charge in [0.15, 0.2) is 5.11 Å². The zero-order chi connectivity index (χ0) is 17.9. The van der Waals surface area contributed by atoms with Crippen molar-refractivity contribution < 1.29 is 13.2 Å². The van der Waals surface area contributed by atoms with E-state index in [1.54, 1.807) is 0 Å². The van der Waals surface area contributed by atoms with Crippen molar-refractivity contribution in [1.82, 2.24) is 0 Å². The summed E-state index contributed by atoms with van der Waals surface area (Å²) in [4.78, 5) is 0. The maximum absolute atomic E-state index is 12.8. The summed E-state index contributed by atoms with van der Waals surface area (Å²) in [5.41, 5.74) is 1.22. The topological polar surface area (TPSA) is 24.1 Å². The smallest absolute Gasteiger partial charge is 0.332 e. The fourth-order valence-electron chi connectivity index (χ4n) is 2.03. The van der Waals surface area contributed by atoms with E-state index in [-0.39, 0.29) is 15.8 Å². The monoisotopic (exact) mass is 372 g/mol. The molecule has 0 saturated heterocycles. The molecule has 0 aliphatic heterocycles. The molecule has 7 heteroatoms. The van der Waals surface area contributed by atoms with Crippen LogP contribution in [0.3, 0.4) is 0 Å². The number of thiocarbonyl (C=S) groups is 1. The number of anilines is 2. The minimum absolute atomic E-state index is 0.0998. The van der Waals surface area contributed by atoms with E-state index >= 15 is 0 Å². The van der Waals surface area contributed by atoms with Crippen molar-refractivity contribution >= 4 is 40.3 Å². The minimum Gasteiger partial charge on any atom is -0.332 e. The SMILES string of the molecule is CC(C)c1ccc(NC(=S)Nc2cc(C(F)(F)F)ccc2Cl)cc1. The molecule has 0 amide bonds. The second-order valence-electron chi connectivity index (χ2n) is 5.55. The van der Waals surface area contributed by atoms with Gasteiger partial charge in [0.25, 0.3) is 0 Å². The molecule has 0 radical (unpaired) electrons. The van der Waals surface area contributed by atoms with Crippen LogP contribution in [0.4, 0.5) is 24.5 Å². The van der Waals surface area contributed by atoms with E-state index in [9.17, 15) is 13.2 Å². The Bertz CT molecular complexity index is 728. The molecule has 0 atom stereocenters. The van der Waals surface area contributed by atoms with E-state index in [0.717, 1.165) is 17.8 Å². The molecule has 2 rings (SSSR count). The van der Waals surface area contributed by atoms with Gasteiger partial charge in [0.05, 0.1) is 16.3 Å². The number of hydrogen-bond donors (Lipinski definition) is 2. The Hall–Kier alpha value is -1.79. The Kier molecular flexibility index (Phi) is 5.72. The molecular weight excluding hydrogens is 357 g/mol. The normalized spacial score (nSPS) is 11.5. The molecule has 0 heterocycles. The third kappa shape index (κ3) is 4.85. The first-order chi connectivity index (χ1) is 11.2. The minimum atomic E-state index is -4.44. The lowest BCUT2D eigenvalue weighted by atomic mass is 10.0. The van der Waals surface area contributed by atoms with E-state index in [0.29, 0.717) is 5.92 Å². The Morgan fingerprint density at radius 3 is 2.21 bits per heavy atom. The lowest BCUT2D eigenvalue weighted by Crippen LogP contribution is -2.19. The van der Waals surface area contributed by atoms with Gasteiger partial charge in [-0.2, -0.15) is 13.2 Å². The van der Waals surface area contributed by atoms with E-state index in [1.807, 2.05) is 24.3 Å². The van der Waals surface area contributed by atoms with Crippen LogP contribution >= 0.6 is 23.8 Å². The average Bonchev–Trinajstić information content (AvgIpc) is 2.48. The first-order valence-electron chi connectivity index (χ1n) is 7.21. The summed E-state index contributed by atoms with van der Waals surface area (Å²) in [5, 5.41) is 5.93. The summed E-state index contributed by atoms with van der Waals surface area (Å²) in [7, 11) is 0. The van der Waals surface area contributed by atoms with E-state index in [2.05, 4.69) is 24.5 Å². The van der Waals surface area contributed by atoms with Crippen molar-refractivity contribution in [1.29, 1.82) is 0 Å². The Morgan fingerprint density at radius 1 is 1.04 bits per heavy atom. The molecule has 2 nitrogen and oxygen atoms in total. The molecule has 0 fully saturated rings. The quantitative estimate of drug-likeness (QED) is 0.619. The maximum atomic E-state index is 12.8. The predicted molar refractivity (Wildman–Crippen MR) is 96.8 cm³/mol. The molecule has 0 saturated carbocycles. The van der Waals surface area contributed by atoms with Gasteiger partial charge in [-0.25, -0.2) is 0 Å². The van der Waals surface area contributed by atoms with Crippen molar-refractivity contribution in [2.75, 3.05) is 10.6 Å². The third-order valence-corrected chi connectivity index (χ3v) is 3.91. The third-order valence-electron chi connectivity index (χ3n) is 3.38. The molecular formula is C17H16ClF3N2S. The first kappa shape index (κ1) is 18.5. The number of rotatable bonds is 3. The van der Waals surface area contributed by atoms with Crippen molar-refractivity contribution in [3.63, 3.8) is 0 Å². The lowest BCUT2D eigenvalue weighted by molar-refractivity contribution is -0.137. The molecule has 0 spiro atoms. The van der Waals surface area contributed by atoms with Gasteiger partial charge >= 0.3 is 6.18 Å². The van der Waals surface area contributed by atoms with Crippen molar-refractivity contribution in [3.05, 3.63) is 58.6 Å². The molecule has 0 aliphatic rings. The van der Waals surface area contributed by atoms with Gasteiger partial charge in [-0.05, 0) is 54.0 Å².